The van der Waals surface area contributed by atoms with Crippen LogP contribution in [0, 0.1) is 0 Å². The lowest BCUT2D eigenvalue weighted by atomic mass is 9.98. The Kier molecular flexibility index (Phi) is 9.22. The predicted molar refractivity (Wildman–Crippen MR) is 147 cm³/mol. The molecule has 5 rings (SSSR count). The van der Waals surface area contributed by atoms with Crippen LogP contribution in [0.4, 0.5) is 0 Å². The minimum absolute atomic E-state index is 0.000346. The summed E-state index contributed by atoms with van der Waals surface area (Å²) in [6.07, 6.45) is -13.3. The molecule has 0 unspecified atom stereocenters. The van der Waals surface area contributed by atoms with Gasteiger partial charge in [0.1, 0.15) is 54.7 Å². The van der Waals surface area contributed by atoms with Gasteiger partial charge in [0.2, 0.25) is 17.5 Å². The lowest BCUT2D eigenvalue weighted by molar-refractivity contribution is -0.318. The van der Waals surface area contributed by atoms with Crippen molar-refractivity contribution in [2.24, 2.45) is 0 Å². The molecule has 14 heteroatoms. The third kappa shape index (κ3) is 5.93. The van der Waals surface area contributed by atoms with Crippen molar-refractivity contribution in [3.63, 3.8) is 0 Å². The van der Waals surface area contributed by atoms with E-state index in [0.717, 1.165) is 0 Å². The van der Waals surface area contributed by atoms with Crippen LogP contribution in [-0.4, -0.2) is 113 Å². The van der Waals surface area contributed by atoms with Crippen LogP contribution >= 0.6 is 0 Å². The van der Waals surface area contributed by atoms with E-state index < -0.39 is 68.0 Å². The van der Waals surface area contributed by atoms with Crippen molar-refractivity contribution in [3.8, 4) is 28.4 Å². The van der Waals surface area contributed by atoms with Crippen molar-refractivity contribution < 1.29 is 63.5 Å². The van der Waals surface area contributed by atoms with Gasteiger partial charge in [0, 0.05) is 0 Å². The highest BCUT2D eigenvalue weighted by Gasteiger charge is 2.47. The summed E-state index contributed by atoms with van der Waals surface area (Å²) in [6.45, 7) is 1.02. The average Bonchev–Trinajstić information content (AvgIpc) is 3.02. The summed E-state index contributed by atoms with van der Waals surface area (Å²) in [7, 11) is 2.87. The average molecular weight is 607 g/mol. The van der Waals surface area contributed by atoms with Crippen molar-refractivity contribution in [1.82, 2.24) is 0 Å². The summed E-state index contributed by atoms with van der Waals surface area (Å²) >= 11 is 0. The molecule has 14 nitrogen and oxygen atoms in total. The molecule has 2 saturated heterocycles. The van der Waals surface area contributed by atoms with Crippen LogP contribution in [0.3, 0.4) is 0 Å². The summed E-state index contributed by atoms with van der Waals surface area (Å²) in [5.74, 6) is 0.643. The summed E-state index contributed by atoms with van der Waals surface area (Å²) in [6, 6.07) is 9.74. The minimum Gasteiger partial charge on any atom is -0.497 e. The molecule has 2 aliphatic rings. The number of methoxy groups -OCH3 is 2. The zero-order valence-electron chi connectivity index (χ0n) is 23.5. The van der Waals surface area contributed by atoms with Gasteiger partial charge in [0.15, 0.2) is 17.6 Å². The standard InChI is InChI=1S/C29H34O14/c1-12-19(30)22(33)24(35)28(41-12)40-11-18-21(32)23(34)25(36)29(43-18)42-17-9-8-15-20(31)16(10-39-26(15)27(17)38-3)13-4-6-14(37-2)7-5-13/h4-10,12,18-19,21-25,28-30,32-36H,11H2,1-3H3/t12-,18+,19-,21+,22+,23-,24+,25+,28+,29+/m0/s1. The number of ether oxygens (including phenoxy) is 6. The van der Waals surface area contributed by atoms with Crippen molar-refractivity contribution >= 4 is 11.0 Å². The van der Waals surface area contributed by atoms with Crippen LogP contribution in [0.5, 0.6) is 17.2 Å². The number of hydrogen-bond acceptors (Lipinski definition) is 14. The number of hydrogen-bond donors (Lipinski definition) is 6. The van der Waals surface area contributed by atoms with E-state index in [0.29, 0.717) is 16.9 Å². The van der Waals surface area contributed by atoms with Crippen LogP contribution in [0.25, 0.3) is 22.1 Å². The monoisotopic (exact) mass is 606 g/mol. The molecule has 1 aromatic heterocycles. The second-order valence-electron chi connectivity index (χ2n) is 10.3. The maximum atomic E-state index is 13.3. The first-order chi connectivity index (χ1) is 20.5. The smallest absolute Gasteiger partial charge is 0.229 e. The first-order valence-corrected chi connectivity index (χ1v) is 13.5. The molecule has 6 N–H and O–H groups in total. The van der Waals surface area contributed by atoms with Gasteiger partial charge in [-0.1, -0.05) is 12.1 Å². The number of benzene rings is 2. The number of aliphatic hydroxyl groups is 6. The number of aliphatic hydroxyl groups excluding tert-OH is 6. The summed E-state index contributed by atoms with van der Waals surface area (Å²) in [5.41, 5.74) is 0.647. The van der Waals surface area contributed by atoms with Crippen LogP contribution < -0.4 is 19.6 Å². The van der Waals surface area contributed by atoms with Crippen LogP contribution in [-0.2, 0) is 14.2 Å². The van der Waals surface area contributed by atoms with Crippen LogP contribution in [0.2, 0.25) is 0 Å². The lowest BCUT2D eigenvalue weighted by Crippen LogP contribution is -2.61. The second-order valence-corrected chi connectivity index (χ2v) is 10.3. The van der Waals surface area contributed by atoms with E-state index in [2.05, 4.69) is 0 Å². The van der Waals surface area contributed by atoms with E-state index in [4.69, 9.17) is 32.8 Å². The Morgan fingerprint density at radius 2 is 1.44 bits per heavy atom. The number of rotatable bonds is 8. The third-order valence-corrected chi connectivity index (χ3v) is 7.61. The largest absolute Gasteiger partial charge is 0.497 e. The Bertz CT molecular complexity index is 1460. The fourth-order valence-corrected chi connectivity index (χ4v) is 5.03. The van der Waals surface area contributed by atoms with Gasteiger partial charge in [0.25, 0.3) is 0 Å². The Morgan fingerprint density at radius 3 is 2.12 bits per heavy atom. The van der Waals surface area contributed by atoms with Gasteiger partial charge in [-0.3, -0.25) is 4.79 Å². The van der Waals surface area contributed by atoms with Gasteiger partial charge in [0.05, 0.1) is 37.9 Å². The van der Waals surface area contributed by atoms with Crippen molar-refractivity contribution in [1.29, 1.82) is 0 Å². The van der Waals surface area contributed by atoms with E-state index >= 15 is 0 Å². The Balaban J connectivity index is 1.36. The quantitative estimate of drug-likeness (QED) is 0.191. The van der Waals surface area contributed by atoms with Gasteiger partial charge in [-0.05, 0) is 36.8 Å². The van der Waals surface area contributed by atoms with E-state index in [1.54, 1.807) is 24.3 Å². The predicted octanol–water partition coefficient (Wildman–Crippen LogP) is -0.492. The molecule has 0 spiro atoms. The first-order valence-electron chi connectivity index (χ1n) is 13.5. The fraction of sp³-hybridized carbons (Fsp3) is 0.483. The molecular formula is C29H34O14. The molecule has 0 radical (unpaired) electrons. The maximum absolute atomic E-state index is 13.3. The molecule has 43 heavy (non-hydrogen) atoms. The highest BCUT2D eigenvalue weighted by molar-refractivity contribution is 5.88. The molecule has 234 valence electrons. The molecule has 3 aromatic rings. The van der Waals surface area contributed by atoms with E-state index in [-0.39, 0.29) is 27.9 Å². The van der Waals surface area contributed by atoms with Gasteiger partial charge >= 0.3 is 0 Å². The minimum atomic E-state index is -1.73. The van der Waals surface area contributed by atoms with Gasteiger partial charge < -0.3 is 63.5 Å². The molecule has 2 fully saturated rings. The Labute approximate surface area is 245 Å². The zero-order chi connectivity index (χ0) is 31.0. The Hall–Kier alpha value is -3.31. The first kappa shape index (κ1) is 31.1. The van der Waals surface area contributed by atoms with Crippen LogP contribution in [0.1, 0.15) is 6.92 Å². The molecule has 3 heterocycles. The molecule has 2 aliphatic heterocycles. The molecule has 2 aromatic carbocycles. The summed E-state index contributed by atoms with van der Waals surface area (Å²) in [4.78, 5) is 13.3. The van der Waals surface area contributed by atoms with Crippen molar-refractivity contribution in [3.05, 3.63) is 52.9 Å². The van der Waals surface area contributed by atoms with E-state index in [1.807, 2.05) is 0 Å². The Morgan fingerprint density at radius 1 is 0.767 bits per heavy atom. The van der Waals surface area contributed by atoms with Crippen molar-refractivity contribution in [2.45, 2.75) is 68.3 Å². The highest BCUT2D eigenvalue weighted by Crippen LogP contribution is 2.37. The summed E-state index contributed by atoms with van der Waals surface area (Å²) in [5, 5.41) is 61.9. The van der Waals surface area contributed by atoms with Gasteiger partial charge in [-0.15, -0.1) is 0 Å². The second kappa shape index (κ2) is 12.7. The molecular weight excluding hydrogens is 572 g/mol. The number of fused-ring (bicyclic) bond motifs is 1. The lowest BCUT2D eigenvalue weighted by Gasteiger charge is -2.42. The maximum Gasteiger partial charge on any atom is 0.229 e. The fourth-order valence-electron chi connectivity index (χ4n) is 5.03. The zero-order valence-corrected chi connectivity index (χ0v) is 23.5. The summed E-state index contributed by atoms with van der Waals surface area (Å²) < 4.78 is 38.8. The van der Waals surface area contributed by atoms with Gasteiger partial charge in [-0.2, -0.15) is 0 Å². The normalized spacial score (nSPS) is 32.9. The third-order valence-electron chi connectivity index (χ3n) is 7.61. The molecule has 0 saturated carbocycles. The molecule has 0 aliphatic carbocycles. The van der Waals surface area contributed by atoms with E-state index in [1.165, 1.54) is 39.5 Å². The molecule has 0 bridgehead atoms. The van der Waals surface area contributed by atoms with Crippen molar-refractivity contribution in [2.75, 3.05) is 20.8 Å². The van der Waals surface area contributed by atoms with E-state index in [9.17, 15) is 35.4 Å². The topological polar surface area (TPSA) is 207 Å². The molecule has 10 atom stereocenters. The SMILES string of the molecule is COc1ccc(-c2coc3c(OC)c(O[C@@H]4O[C@H](CO[C@@H]5O[C@@H](C)[C@H](O)[C@@H](O)[C@H]5O)[C@@H](O)[C@H](O)[C@H]4O)ccc3c2=O)cc1. The highest BCUT2D eigenvalue weighted by atomic mass is 16.7. The van der Waals surface area contributed by atoms with Gasteiger partial charge in [-0.25, -0.2) is 0 Å². The van der Waals surface area contributed by atoms with Crippen LogP contribution in [0.15, 0.2) is 51.9 Å². The molecule has 0 amide bonds.